The van der Waals surface area contributed by atoms with E-state index in [4.69, 9.17) is 9.15 Å². The van der Waals surface area contributed by atoms with E-state index in [0.717, 1.165) is 44.8 Å². The molecule has 1 fully saturated rings. The van der Waals surface area contributed by atoms with Crippen LogP contribution in [0.2, 0.25) is 0 Å². The fourth-order valence-electron chi connectivity index (χ4n) is 3.76. The summed E-state index contributed by atoms with van der Waals surface area (Å²) in [5.41, 5.74) is 1.30. The van der Waals surface area contributed by atoms with E-state index >= 15 is 0 Å². The van der Waals surface area contributed by atoms with Crippen molar-refractivity contribution in [3.8, 4) is 5.75 Å². The Morgan fingerprint density at radius 2 is 2.33 bits per heavy atom. The van der Waals surface area contributed by atoms with E-state index in [9.17, 15) is 4.79 Å². The van der Waals surface area contributed by atoms with Gasteiger partial charge < -0.3 is 19.0 Å². The number of likely N-dealkylation sites (tertiary alicyclic amines) is 1. The van der Waals surface area contributed by atoms with Crippen molar-refractivity contribution in [3.05, 3.63) is 48.2 Å². The molecule has 1 amide bonds. The van der Waals surface area contributed by atoms with Gasteiger partial charge in [-0.25, -0.2) is 4.98 Å². The number of carbonyl (C=O) groups excluding carboxylic acids is 1. The number of amides is 1. The SMILES string of the molecule is CCN(CC1CCCN(CCc2cccc(OC)c2)C1)C(=O)c1cnco1. The molecule has 0 radical (unpaired) electrons. The molecular formula is C21H29N3O3. The lowest BCUT2D eigenvalue weighted by Crippen LogP contribution is -2.43. The predicted molar refractivity (Wildman–Crippen MR) is 104 cm³/mol. The zero-order chi connectivity index (χ0) is 19.1. The number of oxazole rings is 1. The first-order valence-electron chi connectivity index (χ1n) is 9.72. The highest BCUT2D eigenvalue weighted by Gasteiger charge is 2.25. The van der Waals surface area contributed by atoms with Gasteiger partial charge in [0.15, 0.2) is 6.39 Å². The van der Waals surface area contributed by atoms with Gasteiger partial charge in [0.2, 0.25) is 5.76 Å². The minimum Gasteiger partial charge on any atom is -0.497 e. The fraction of sp³-hybridized carbons (Fsp3) is 0.524. The van der Waals surface area contributed by atoms with Crippen molar-refractivity contribution in [2.24, 2.45) is 5.92 Å². The van der Waals surface area contributed by atoms with Gasteiger partial charge in [0.25, 0.3) is 5.91 Å². The smallest absolute Gasteiger partial charge is 0.291 e. The van der Waals surface area contributed by atoms with Gasteiger partial charge in [-0.15, -0.1) is 0 Å². The van der Waals surface area contributed by atoms with Gasteiger partial charge in [-0.1, -0.05) is 12.1 Å². The summed E-state index contributed by atoms with van der Waals surface area (Å²) in [6.45, 7) is 6.65. The maximum Gasteiger partial charge on any atom is 0.291 e. The van der Waals surface area contributed by atoms with Crippen LogP contribution in [0.1, 0.15) is 35.9 Å². The molecule has 27 heavy (non-hydrogen) atoms. The number of ether oxygens (including phenoxy) is 1. The van der Waals surface area contributed by atoms with Crippen LogP contribution in [0.3, 0.4) is 0 Å². The van der Waals surface area contributed by atoms with E-state index in [-0.39, 0.29) is 5.91 Å². The molecule has 1 aliphatic heterocycles. The van der Waals surface area contributed by atoms with Crippen molar-refractivity contribution >= 4 is 5.91 Å². The first-order valence-corrected chi connectivity index (χ1v) is 9.72. The summed E-state index contributed by atoms with van der Waals surface area (Å²) in [7, 11) is 1.70. The van der Waals surface area contributed by atoms with E-state index in [1.54, 1.807) is 7.11 Å². The average Bonchev–Trinajstić information content (AvgIpc) is 3.25. The molecular weight excluding hydrogens is 342 g/mol. The largest absolute Gasteiger partial charge is 0.497 e. The summed E-state index contributed by atoms with van der Waals surface area (Å²) in [4.78, 5) is 20.8. The molecule has 1 saturated heterocycles. The maximum atomic E-state index is 12.5. The van der Waals surface area contributed by atoms with Crippen molar-refractivity contribution in [2.75, 3.05) is 39.8 Å². The topological polar surface area (TPSA) is 58.8 Å². The molecule has 1 aliphatic rings. The molecule has 1 aromatic carbocycles. The molecule has 1 atom stereocenters. The molecule has 6 heteroatoms. The standard InChI is InChI=1S/C21H29N3O3/c1-3-24(21(25)20-13-22-16-27-20)15-18-7-5-10-23(14-18)11-9-17-6-4-8-19(12-17)26-2/h4,6,8,12-13,16,18H,3,5,7,9-11,14-15H2,1-2H3. The fourth-order valence-corrected chi connectivity index (χ4v) is 3.76. The highest BCUT2D eigenvalue weighted by atomic mass is 16.5. The van der Waals surface area contributed by atoms with Crippen LogP contribution < -0.4 is 4.74 Å². The predicted octanol–water partition coefficient (Wildman–Crippen LogP) is 3.10. The Balaban J connectivity index is 1.51. The number of nitrogens with zero attached hydrogens (tertiary/aromatic N) is 3. The molecule has 0 saturated carbocycles. The van der Waals surface area contributed by atoms with Crippen molar-refractivity contribution in [1.82, 2.24) is 14.8 Å². The Hall–Kier alpha value is -2.34. The molecule has 2 aromatic rings. The third-order valence-corrected chi connectivity index (χ3v) is 5.24. The first kappa shape index (κ1) is 19.4. The molecule has 1 aromatic heterocycles. The van der Waals surface area contributed by atoms with Crippen LogP contribution in [-0.4, -0.2) is 60.5 Å². The number of hydrogen-bond acceptors (Lipinski definition) is 5. The number of aromatic nitrogens is 1. The Kier molecular flexibility index (Phi) is 6.87. The van der Waals surface area contributed by atoms with E-state index < -0.39 is 0 Å². The van der Waals surface area contributed by atoms with Gasteiger partial charge in [-0.3, -0.25) is 4.79 Å². The van der Waals surface area contributed by atoms with Gasteiger partial charge in [0.05, 0.1) is 13.3 Å². The minimum atomic E-state index is -0.0662. The van der Waals surface area contributed by atoms with Gasteiger partial charge in [0.1, 0.15) is 5.75 Å². The van der Waals surface area contributed by atoms with E-state index in [1.165, 1.54) is 24.6 Å². The Morgan fingerprint density at radius 1 is 1.44 bits per heavy atom. The lowest BCUT2D eigenvalue weighted by molar-refractivity contribution is 0.0660. The first-order chi connectivity index (χ1) is 13.2. The summed E-state index contributed by atoms with van der Waals surface area (Å²) < 4.78 is 10.5. The van der Waals surface area contributed by atoms with Crippen LogP contribution in [0, 0.1) is 5.92 Å². The average molecular weight is 371 g/mol. The second kappa shape index (κ2) is 9.55. The van der Waals surface area contributed by atoms with Gasteiger partial charge in [-0.05, 0) is 56.3 Å². The van der Waals surface area contributed by atoms with Gasteiger partial charge in [-0.2, -0.15) is 0 Å². The molecule has 6 nitrogen and oxygen atoms in total. The maximum absolute atomic E-state index is 12.5. The van der Waals surface area contributed by atoms with E-state index in [0.29, 0.717) is 18.2 Å². The van der Waals surface area contributed by atoms with Gasteiger partial charge >= 0.3 is 0 Å². The molecule has 2 heterocycles. The third kappa shape index (κ3) is 5.32. The molecule has 3 rings (SSSR count). The highest BCUT2D eigenvalue weighted by molar-refractivity contribution is 5.91. The Labute approximate surface area is 161 Å². The third-order valence-electron chi connectivity index (χ3n) is 5.24. The second-order valence-electron chi connectivity index (χ2n) is 7.12. The number of methoxy groups -OCH3 is 1. The summed E-state index contributed by atoms with van der Waals surface area (Å²) >= 11 is 0. The van der Waals surface area contributed by atoms with Crippen LogP contribution in [0.15, 0.2) is 41.3 Å². The van der Waals surface area contributed by atoms with Crippen LogP contribution >= 0.6 is 0 Å². The lowest BCUT2D eigenvalue weighted by Gasteiger charge is -2.35. The van der Waals surface area contributed by atoms with Crippen molar-refractivity contribution in [1.29, 1.82) is 0 Å². The molecule has 0 spiro atoms. The zero-order valence-corrected chi connectivity index (χ0v) is 16.3. The second-order valence-corrected chi connectivity index (χ2v) is 7.12. The number of carbonyl (C=O) groups is 1. The molecule has 1 unspecified atom stereocenters. The summed E-state index contributed by atoms with van der Waals surface area (Å²) in [6.07, 6.45) is 6.15. The van der Waals surface area contributed by atoms with Crippen molar-refractivity contribution in [2.45, 2.75) is 26.2 Å². The summed E-state index contributed by atoms with van der Waals surface area (Å²) in [5.74, 6) is 1.66. The lowest BCUT2D eigenvalue weighted by atomic mass is 9.96. The van der Waals surface area contributed by atoms with E-state index in [1.807, 2.05) is 24.0 Å². The summed E-state index contributed by atoms with van der Waals surface area (Å²) in [6, 6.07) is 8.28. The quantitative estimate of drug-likeness (QED) is 0.714. The van der Waals surface area contributed by atoms with Crippen molar-refractivity contribution in [3.63, 3.8) is 0 Å². The monoisotopic (exact) mass is 371 g/mol. The van der Waals surface area contributed by atoms with E-state index in [2.05, 4.69) is 22.0 Å². The molecule has 146 valence electrons. The number of piperidine rings is 1. The van der Waals surface area contributed by atoms with Crippen molar-refractivity contribution < 1.29 is 13.9 Å². The summed E-state index contributed by atoms with van der Waals surface area (Å²) in [5, 5.41) is 0. The Morgan fingerprint density at radius 3 is 3.07 bits per heavy atom. The molecule has 0 N–H and O–H groups in total. The minimum absolute atomic E-state index is 0.0662. The number of rotatable bonds is 8. The Bertz CT molecular complexity index is 717. The normalized spacial score (nSPS) is 17.6. The highest BCUT2D eigenvalue weighted by Crippen LogP contribution is 2.20. The van der Waals surface area contributed by atoms with Gasteiger partial charge in [0, 0.05) is 26.2 Å². The molecule has 0 bridgehead atoms. The molecule has 0 aliphatic carbocycles. The number of benzene rings is 1. The van der Waals surface area contributed by atoms with Crippen LogP contribution in [0.25, 0.3) is 0 Å². The van der Waals surface area contributed by atoms with Crippen LogP contribution in [-0.2, 0) is 6.42 Å². The number of hydrogen-bond donors (Lipinski definition) is 0. The zero-order valence-electron chi connectivity index (χ0n) is 16.3. The van der Waals surface area contributed by atoms with Crippen LogP contribution in [0.4, 0.5) is 0 Å². The van der Waals surface area contributed by atoms with Crippen LogP contribution in [0.5, 0.6) is 5.75 Å².